The highest BCUT2D eigenvalue weighted by Crippen LogP contribution is 2.44. The number of methoxy groups -OCH3 is 1. The first kappa shape index (κ1) is 23.5. The fourth-order valence-electron chi connectivity index (χ4n) is 4.55. The Labute approximate surface area is 205 Å². The van der Waals surface area contributed by atoms with Gasteiger partial charge >= 0.3 is 0 Å². The number of anilines is 1. The van der Waals surface area contributed by atoms with Crippen LogP contribution < -0.4 is 15.0 Å². The van der Waals surface area contributed by atoms with Gasteiger partial charge in [-0.25, -0.2) is 0 Å². The van der Waals surface area contributed by atoms with Crippen molar-refractivity contribution in [1.29, 1.82) is 0 Å². The van der Waals surface area contributed by atoms with E-state index in [0.717, 1.165) is 17.9 Å². The predicted molar refractivity (Wildman–Crippen MR) is 136 cm³/mol. The first-order chi connectivity index (χ1) is 16.0. The van der Waals surface area contributed by atoms with Crippen LogP contribution in [0.1, 0.15) is 41.7 Å². The number of ether oxygens (including phenoxy) is 2. The van der Waals surface area contributed by atoms with Gasteiger partial charge in [-0.05, 0) is 75.0 Å². The zero-order chi connectivity index (χ0) is 23.5. The number of nitrogens with zero attached hydrogens (tertiary/aromatic N) is 3. The van der Waals surface area contributed by atoms with Crippen molar-refractivity contribution in [3.63, 3.8) is 0 Å². The van der Waals surface area contributed by atoms with Gasteiger partial charge in [-0.3, -0.25) is 4.98 Å². The summed E-state index contributed by atoms with van der Waals surface area (Å²) in [6, 6.07) is 13.8. The van der Waals surface area contributed by atoms with Crippen molar-refractivity contribution in [2.24, 2.45) is 0 Å². The Balaban J connectivity index is 1.77. The number of aryl methyl sites for hydroxylation is 1. The lowest BCUT2D eigenvalue weighted by Gasteiger charge is -2.28. The number of halogens is 1. The molecule has 6 nitrogen and oxygen atoms in total. The topological polar surface area (TPSA) is 51.6 Å². The normalized spacial score (nSPS) is 18.0. The molecule has 3 aromatic rings. The van der Waals surface area contributed by atoms with Crippen molar-refractivity contribution in [2.75, 3.05) is 25.2 Å². The van der Waals surface area contributed by atoms with Crippen molar-refractivity contribution >= 4 is 34.6 Å². The molecule has 8 heteroatoms. The van der Waals surface area contributed by atoms with Crippen LogP contribution >= 0.6 is 23.8 Å². The Kier molecular flexibility index (Phi) is 7.22. The third-order valence-corrected chi connectivity index (χ3v) is 6.69. The molecule has 174 valence electrons. The lowest BCUT2D eigenvalue weighted by molar-refractivity contribution is 0.146. The summed E-state index contributed by atoms with van der Waals surface area (Å²) in [5, 5.41) is 4.68. The molecular weight excluding hydrogens is 456 g/mol. The van der Waals surface area contributed by atoms with Crippen molar-refractivity contribution in [1.82, 2.24) is 14.9 Å². The molecule has 1 saturated heterocycles. The van der Waals surface area contributed by atoms with Crippen LogP contribution in [0.5, 0.6) is 5.75 Å². The highest BCUT2D eigenvalue weighted by atomic mass is 35.5. The molecule has 0 unspecified atom stereocenters. The summed E-state index contributed by atoms with van der Waals surface area (Å²) in [6.07, 6.45) is 1.82. The minimum Gasteiger partial charge on any atom is -0.490 e. The molecule has 0 radical (unpaired) electrons. The van der Waals surface area contributed by atoms with Crippen molar-refractivity contribution < 1.29 is 9.47 Å². The van der Waals surface area contributed by atoms with E-state index in [1.165, 1.54) is 17.0 Å². The number of pyridine rings is 1. The molecule has 4 rings (SSSR count). The number of aromatic nitrogens is 2. The van der Waals surface area contributed by atoms with Crippen LogP contribution in [0.15, 0.2) is 48.7 Å². The molecule has 1 N–H and O–H groups in total. The lowest BCUT2D eigenvalue weighted by atomic mass is 9.96. The zero-order valence-electron chi connectivity index (χ0n) is 19.3. The molecule has 0 bridgehead atoms. The standard InChI is InChI=1S/C25H29ClN4O2S/c1-5-29-16(2)14-19(17(29)3)24-23(21-8-6-7-11-27-21)28-25(33)30(24)18-9-10-22(20(26)15-18)32-13-12-31-4/h6-11,14-15,23-24H,5,12-13H2,1-4H3,(H,28,33)/t23-,24+/m0/s1. The molecule has 33 heavy (non-hydrogen) atoms. The summed E-state index contributed by atoms with van der Waals surface area (Å²) >= 11 is 12.4. The van der Waals surface area contributed by atoms with E-state index in [1.54, 1.807) is 7.11 Å². The monoisotopic (exact) mass is 484 g/mol. The van der Waals surface area contributed by atoms with Gasteiger partial charge in [0.05, 0.1) is 29.4 Å². The van der Waals surface area contributed by atoms with Crippen LogP contribution in [0.25, 0.3) is 0 Å². The minimum absolute atomic E-state index is 0.0739. The summed E-state index contributed by atoms with van der Waals surface area (Å²) in [5.74, 6) is 0.623. The molecule has 0 aliphatic carbocycles. The van der Waals surface area contributed by atoms with E-state index in [9.17, 15) is 0 Å². The third-order valence-electron chi connectivity index (χ3n) is 6.08. The second-order valence-corrected chi connectivity index (χ2v) is 8.82. The molecular formula is C25H29ClN4O2S. The highest BCUT2D eigenvalue weighted by Gasteiger charge is 2.42. The third kappa shape index (κ3) is 4.58. The smallest absolute Gasteiger partial charge is 0.174 e. The van der Waals surface area contributed by atoms with E-state index in [-0.39, 0.29) is 12.1 Å². The summed E-state index contributed by atoms with van der Waals surface area (Å²) in [4.78, 5) is 6.78. The first-order valence-electron chi connectivity index (χ1n) is 11.0. The molecule has 0 saturated carbocycles. The van der Waals surface area contributed by atoms with Gasteiger partial charge in [0.1, 0.15) is 12.4 Å². The number of nitrogens with one attached hydrogen (secondary N) is 1. The molecule has 3 heterocycles. The minimum atomic E-state index is -0.0964. The second kappa shape index (κ2) is 10.1. The maximum Gasteiger partial charge on any atom is 0.174 e. The van der Waals surface area contributed by atoms with Crippen LogP contribution in [-0.2, 0) is 11.3 Å². The fourth-order valence-corrected chi connectivity index (χ4v) is 5.13. The number of thiocarbonyl (C=S) groups is 1. The summed E-state index contributed by atoms with van der Waals surface area (Å²) < 4.78 is 13.1. The average molecular weight is 485 g/mol. The number of hydrogen-bond donors (Lipinski definition) is 1. The van der Waals surface area contributed by atoms with Gasteiger partial charge in [0.15, 0.2) is 5.11 Å². The second-order valence-electron chi connectivity index (χ2n) is 8.02. The first-order valence-corrected chi connectivity index (χ1v) is 11.8. The maximum absolute atomic E-state index is 6.59. The van der Waals surface area contributed by atoms with Crippen molar-refractivity contribution in [3.05, 3.63) is 76.3 Å². The molecule has 0 spiro atoms. The molecule has 2 atom stereocenters. The van der Waals surface area contributed by atoms with Gasteiger partial charge in [0.25, 0.3) is 0 Å². The average Bonchev–Trinajstić information content (AvgIpc) is 3.30. The Morgan fingerprint density at radius 2 is 1.97 bits per heavy atom. The van der Waals surface area contributed by atoms with Crippen molar-refractivity contribution in [3.8, 4) is 5.75 Å². The summed E-state index contributed by atoms with van der Waals surface area (Å²) in [7, 11) is 1.64. The molecule has 1 fully saturated rings. The van der Waals surface area contributed by atoms with E-state index in [1.807, 2.05) is 42.6 Å². The molecule has 0 amide bonds. The van der Waals surface area contributed by atoms with Gasteiger partial charge in [-0.15, -0.1) is 0 Å². The molecule has 1 aromatic carbocycles. The summed E-state index contributed by atoms with van der Waals surface area (Å²) in [6.45, 7) is 8.32. The molecule has 1 aliphatic rings. The fraction of sp³-hybridized carbons (Fsp3) is 0.360. The SMILES string of the molecule is CCn1c(C)cc([C@@H]2[C@H](c3ccccn3)NC(=S)N2c2ccc(OCCOC)c(Cl)c2)c1C. The van der Waals surface area contributed by atoms with Gasteiger partial charge in [0.2, 0.25) is 0 Å². The van der Waals surface area contributed by atoms with Crippen LogP contribution in [-0.4, -0.2) is 35.0 Å². The van der Waals surface area contributed by atoms with E-state index in [0.29, 0.717) is 29.1 Å². The Morgan fingerprint density at radius 3 is 2.61 bits per heavy atom. The van der Waals surface area contributed by atoms with Crippen LogP contribution in [0.2, 0.25) is 5.02 Å². The Morgan fingerprint density at radius 1 is 1.15 bits per heavy atom. The van der Waals surface area contributed by atoms with Gasteiger partial charge < -0.3 is 24.3 Å². The number of benzene rings is 1. The van der Waals surface area contributed by atoms with Crippen molar-refractivity contribution in [2.45, 2.75) is 39.4 Å². The largest absolute Gasteiger partial charge is 0.490 e. The van der Waals surface area contributed by atoms with E-state index in [2.05, 4.69) is 46.6 Å². The van der Waals surface area contributed by atoms with E-state index < -0.39 is 0 Å². The van der Waals surface area contributed by atoms with Crippen LogP contribution in [0.3, 0.4) is 0 Å². The quantitative estimate of drug-likeness (QED) is 0.342. The maximum atomic E-state index is 6.59. The number of rotatable bonds is 8. The zero-order valence-corrected chi connectivity index (χ0v) is 20.9. The van der Waals surface area contributed by atoms with Gasteiger partial charge in [-0.2, -0.15) is 0 Å². The summed E-state index contributed by atoms with van der Waals surface area (Å²) in [5.41, 5.74) is 5.51. The predicted octanol–water partition coefficient (Wildman–Crippen LogP) is 5.38. The Hall–Kier alpha value is -2.61. The number of hydrogen-bond acceptors (Lipinski definition) is 4. The Bertz CT molecular complexity index is 1130. The van der Waals surface area contributed by atoms with Gasteiger partial charge in [0, 0.05) is 36.9 Å². The van der Waals surface area contributed by atoms with Crippen LogP contribution in [0.4, 0.5) is 5.69 Å². The molecule has 2 aromatic heterocycles. The van der Waals surface area contributed by atoms with Gasteiger partial charge in [-0.1, -0.05) is 17.7 Å². The van der Waals surface area contributed by atoms with E-state index in [4.69, 9.17) is 33.3 Å². The molecule has 1 aliphatic heterocycles. The lowest BCUT2D eigenvalue weighted by Crippen LogP contribution is -2.29. The van der Waals surface area contributed by atoms with Crippen LogP contribution in [0, 0.1) is 13.8 Å². The highest BCUT2D eigenvalue weighted by molar-refractivity contribution is 7.80. The van der Waals surface area contributed by atoms with E-state index >= 15 is 0 Å².